The first-order valence-electron chi connectivity index (χ1n) is 8.27. The molecule has 5 rings (SSSR count). The Morgan fingerprint density at radius 1 is 1.00 bits per heavy atom. The third-order valence-electron chi connectivity index (χ3n) is 4.28. The van der Waals surface area contributed by atoms with Crippen molar-refractivity contribution in [2.45, 2.75) is 6.54 Å². The molecule has 0 unspecified atom stereocenters. The maximum absolute atomic E-state index is 12.9. The first-order chi connectivity index (χ1) is 13.2. The largest absolute Gasteiger partial charge is 0.291 e. The second-order valence-electron chi connectivity index (χ2n) is 6.08. The van der Waals surface area contributed by atoms with Gasteiger partial charge in [-0.05, 0) is 35.9 Å². The maximum atomic E-state index is 12.9. The fourth-order valence-electron chi connectivity index (χ4n) is 2.95. The van der Waals surface area contributed by atoms with Gasteiger partial charge < -0.3 is 0 Å². The van der Waals surface area contributed by atoms with Crippen molar-refractivity contribution in [3.05, 3.63) is 81.3 Å². The molecule has 0 aliphatic rings. The molecule has 27 heavy (non-hydrogen) atoms. The van der Waals surface area contributed by atoms with Gasteiger partial charge in [0.2, 0.25) is 0 Å². The van der Waals surface area contributed by atoms with E-state index in [1.165, 1.54) is 11.3 Å². The van der Waals surface area contributed by atoms with Crippen LogP contribution in [-0.2, 0) is 6.54 Å². The first kappa shape index (κ1) is 16.6. The molecule has 3 aromatic heterocycles. The minimum Gasteiger partial charge on any atom is -0.291 e. The summed E-state index contributed by atoms with van der Waals surface area (Å²) in [6, 6.07) is 17.5. The van der Waals surface area contributed by atoms with E-state index in [2.05, 4.69) is 9.97 Å². The predicted octanol–water partition coefficient (Wildman–Crippen LogP) is 5.44. The van der Waals surface area contributed by atoms with Crippen LogP contribution in [0, 0.1) is 0 Å². The SMILES string of the molecule is O=c1c2sc(-c3ccc(Cl)cc3)cc2ncn1Cc1nc2ccccc2s1. The molecule has 0 radical (unpaired) electrons. The fourth-order valence-corrected chi connectivity index (χ4v) is 5.11. The maximum Gasteiger partial charge on any atom is 0.271 e. The molecule has 3 heterocycles. The number of benzene rings is 2. The monoisotopic (exact) mass is 409 g/mol. The van der Waals surface area contributed by atoms with Crippen molar-refractivity contribution in [2.75, 3.05) is 0 Å². The van der Waals surface area contributed by atoms with Gasteiger partial charge in [-0.25, -0.2) is 9.97 Å². The number of aromatic nitrogens is 3. The summed E-state index contributed by atoms with van der Waals surface area (Å²) < 4.78 is 3.40. The van der Waals surface area contributed by atoms with Gasteiger partial charge in [0.25, 0.3) is 5.56 Å². The average molecular weight is 410 g/mol. The molecule has 4 nitrogen and oxygen atoms in total. The highest BCUT2D eigenvalue weighted by atomic mass is 35.5. The number of thiophene rings is 1. The van der Waals surface area contributed by atoms with Crippen molar-refractivity contribution >= 4 is 54.7 Å². The van der Waals surface area contributed by atoms with E-state index in [4.69, 9.17) is 11.6 Å². The molecule has 0 saturated carbocycles. The molecule has 2 aromatic carbocycles. The number of hydrogen-bond acceptors (Lipinski definition) is 5. The van der Waals surface area contributed by atoms with Crippen LogP contribution in [0.1, 0.15) is 5.01 Å². The van der Waals surface area contributed by atoms with Crippen molar-refractivity contribution in [1.29, 1.82) is 0 Å². The zero-order valence-electron chi connectivity index (χ0n) is 13.9. The van der Waals surface area contributed by atoms with Gasteiger partial charge in [-0.1, -0.05) is 35.9 Å². The van der Waals surface area contributed by atoms with Crippen LogP contribution in [-0.4, -0.2) is 14.5 Å². The Hall–Kier alpha value is -2.54. The van der Waals surface area contributed by atoms with Crippen molar-refractivity contribution < 1.29 is 0 Å². The lowest BCUT2D eigenvalue weighted by Crippen LogP contribution is -2.20. The van der Waals surface area contributed by atoms with Crippen LogP contribution in [0.5, 0.6) is 0 Å². The predicted molar refractivity (Wildman–Crippen MR) is 113 cm³/mol. The van der Waals surface area contributed by atoms with Gasteiger partial charge in [-0.15, -0.1) is 22.7 Å². The van der Waals surface area contributed by atoms with Crippen LogP contribution in [0.2, 0.25) is 5.02 Å². The molecule has 0 aliphatic carbocycles. The third kappa shape index (κ3) is 3.06. The molecule has 7 heteroatoms. The standard InChI is InChI=1S/C20H12ClN3OS2/c21-13-7-5-12(6-8-13)17-9-15-19(27-17)20(25)24(11-22-15)10-18-23-14-3-1-2-4-16(14)26-18/h1-9,11H,10H2. The number of thiazole rings is 1. The van der Waals surface area contributed by atoms with E-state index >= 15 is 0 Å². The van der Waals surface area contributed by atoms with Gasteiger partial charge in [0.1, 0.15) is 9.71 Å². The van der Waals surface area contributed by atoms with Crippen LogP contribution in [0.4, 0.5) is 0 Å². The lowest BCUT2D eigenvalue weighted by molar-refractivity contribution is 0.746. The summed E-state index contributed by atoms with van der Waals surface area (Å²) in [5.74, 6) is 0. The second-order valence-corrected chi connectivity index (χ2v) is 8.69. The van der Waals surface area contributed by atoms with Gasteiger partial charge in [-0.3, -0.25) is 9.36 Å². The second kappa shape index (κ2) is 6.56. The highest BCUT2D eigenvalue weighted by Crippen LogP contribution is 2.31. The van der Waals surface area contributed by atoms with Crippen LogP contribution < -0.4 is 5.56 Å². The van der Waals surface area contributed by atoms with Crippen molar-refractivity contribution in [3.8, 4) is 10.4 Å². The Bertz CT molecular complexity index is 1300. The summed E-state index contributed by atoms with van der Waals surface area (Å²) in [6.07, 6.45) is 1.61. The number of para-hydroxylation sites is 1. The molecular formula is C20H12ClN3OS2. The van der Waals surface area contributed by atoms with E-state index in [1.54, 1.807) is 22.2 Å². The zero-order valence-corrected chi connectivity index (χ0v) is 16.3. The minimum absolute atomic E-state index is 0.0375. The quantitative estimate of drug-likeness (QED) is 0.399. The first-order valence-corrected chi connectivity index (χ1v) is 10.3. The number of hydrogen-bond donors (Lipinski definition) is 0. The number of nitrogens with zero attached hydrogens (tertiary/aromatic N) is 3. The third-order valence-corrected chi connectivity index (χ3v) is 6.71. The molecule has 0 spiro atoms. The lowest BCUT2D eigenvalue weighted by Gasteiger charge is -2.01. The highest BCUT2D eigenvalue weighted by molar-refractivity contribution is 7.22. The van der Waals surface area contributed by atoms with E-state index in [0.29, 0.717) is 16.3 Å². The lowest BCUT2D eigenvalue weighted by atomic mass is 10.2. The topological polar surface area (TPSA) is 47.8 Å². The molecule has 0 atom stereocenters. The van der Waals surface area contributed by atoms with Crippen LogP contribution in [0.25, 0.3) is 30.9 Å². The normalized spacial score (nSPS) is 11.4. The van der Waals surface area contributed by atoms with E-state index in [0.717, 1.165) is 31.2 Å². The summed E-state index contributed by atoms with van der Waals surface area (Å²) >= 11 is 9.02. The van der Waals surface area contributed by atoms with Gasteiger partial charge in [0, 0.05) is 9.90 Å². The Balaban J connectivity index is 1.54. The van der Waals surface area contributed by atoms with E-state index in [1.807, 2.05) is 54.6 Å². The van der Waals surface area contributed by atoms with Crippen molar-refractivity contribution in [2.24, 2.45) is 0 Å². The summed E-state index contributed by atoms with van der Waals surface area (Å²) in [7, 11) is 0. The summed E-state index contributed by atoms with van der Waals surface area (Å²) in [6.45, 7) is 0.426. The minimum atomic E-state index is -0.0375. The molecule has 0 saturated heterocycles. The zero-order chi connectivity index (χ0) is 18.4. The molecule has 5 aromatic rings. The Morgan fingerprint density at radius 3 is 2.63 bits per heavy atom. The summed E-state index contributed by atoms with van der Waals surface area (Å²) in [5, 5.41) is 1.59. The fraction of sp³-hybridized carbons (Fsp3) is 0.0500. The van der Waals surface area contributed by atoms with Gasteiger partial charge >= 0.3 is 0 Å². The Kier molecular flexibility index (Phi) is 4.04. The Morgan fingerprint density at radius 2 is 1.81 bits per heavy atom. The summed E-state index contributed by atoms with van der Waals surface area (Å²) in [5.41, 5.74) is 2.67. The number of fused-ring (bicyclic) bond motifs is 2. The smallest absolute Gasteiger partial charge is 0.271 e. The van der Waals surface area contributed by atoms with Crippen LogP contribution in [0.3, 0.4) is 0 Å². The van der Waals surface area contributed by atoms with Gasteiger partial charge in [-0.2, -0.15) is 0 Å². The Labute approximate surface area is 167 Å². The van der Waals surface area contributed by atoms with Crippen molar-refractivity contribution in [1.82, 2.24) is 14.5 Å². The number of halogens is 1. The molecule has 0 bridgehead atoms. The summed E-state index contributed by atoms with van der Waals surface area (Å²) in [4.78, 5) is 23.0. The average Bonchev–Trinajstić information content (AvgIpc) is 3.28. The van der Waals surface area contributed by atoms with E-state index in [9.17, 15) is 4.79 Å². The van der Waals surface area contributed by atoms with Crippen LogP contribution in [0.15, 0.2) is 65.7 Å². The molecule has 0 N–H and O–H groups in total. The van der Waals surface area contributed by atoms with E-state index < -0.39 is 0 Å². The van der Waals surface area contributed by atoms with E-state index in [-0.39, 0.29) is 5.56 Å². The van der Waals surface area contributed by atoms with Gasteiger partial charge in [0.05, 0.1) is 28.6 Å². The van der Waals surface area contributed by atoms with Crippen molar-refractivity contribution in [3.63, 3.8) is 0 Å². The molecule has 132 valence electrons. The molecule has 0 aliphatic heterocycles. The number of rotatable bonds is 3. The molecule has 0 amide bonds. The van der Waals surface area contributed by atoms with Gasteiger partial charge in [0.15, 0.2) is 0 Å². The molecule has 0 fully saturated rings. The van der Waals surface area contributed by atoms with Crippen LogP contribution >= 0.6 is 34.3 Å². The highest BCUT2D eigenvalue weighted by Gasteiger charge is 2.12. The molecular weight excluding hydrogens is 398 g/mol.